The molecule has 1 aromatic heterocycles. The van der Waals surface area contributed by atoms with Crippen molar-refractivity contribution in [2.75, 3.05) is 19.0 Å². The van der Waals surface area contributed by atoms with Gasteiger partial charge in [-0.3, -0.25) is 0 Å². The Bertz CT molecular complexity index is 859. The van der Waals surface area contributed by atoms with E-state index < -0.39 is 57.5 Å². The molecule has 0 spiro atoms. The zero-order valence-electron chi connectivity index (χ0n) is 14.7. The summed E-state index contributed by atoms with van der Waals surface area (Å²) >= 11 is 0. The summed E-state index contributed by atoms with van der Waals surface area (Å²) in [6.07, 6.45) is -25.2. The Labute approximate surface area is 160 Å². The van der Waals surface area contributed by atoms with E-state index in [1.165, 1.54) is 19.0 Å². The van der Waals surface area contributed by atoms with E-state index in [2.05, 4.69) is 0 Å². The fraction of sp³-hybridized carbons (Fsp3) is 0.375. The van der Waals surface area contributed by atoms with E-state index in [0.717, 1.165) is 12.1 Å². The van der Waals surface area contributed by atoms with Gasteiger partial charge < -0.3 is 9.47 Å². The summed E-state index contributed by atoms with van der Waals surface area (Å²) in [5.74, 6) is 0. The number of alkyl halides is 12. The van der Waals surface area contributed by atoms with Gasteiger partial charge in [-0.1, -0.05) is 0 Å². The fourth-order valence-corrected chi connectivity index (χ4v) is 2.82. The summed E-state index contributed by atoms with van der Waals surface area (Å²) in [4.78, 5) is 1.36. The van der Waals surface area contributed by atoms with Crippen LogP contribution in [0, 0.1) is 0 Å². The van der Waals surface area contributed by atoms with Crippen LogP contribution in [0.25, 0.3) is 5.69 Å². The highest BCUT2D eigenvalue weighted by Gasteiger charge is 2.59. The second-order valence-corrected chi connectivity index (χ2v) is 6.18. The first-order chi connectivity index (χ1) is 13.3. The van der Waals surface area contributed by atoms with E-state index in [0.29, 0.717) is 12.1 Å². The Hall–Kier alpha value is -2.54. The predicted molar refractivity (Wildman–Crippen MR) is 80.1 cm³/mol. The number of aromatic nitrogens is 1. The third kappa shape index (κ3) is 4.31. The van der Waals surface area contributed by atoms with Crippen LogP contribution in [0.5, 0.6) is 0 Å². The van der Waals surface area contributed by atoms with E-state index in [-0.39, 0.29) is 5.69 Å². The summed E-state index contributed by atoms with van der Waals surface area (Å²) < 4.78 is 159. The van der Waals surface area contributed by atoms with Gasteiger partial charge in [-0.05, 0) is 24.3 Å². The molecule has 0 aliphatic heterocycles. The normalized spacial score (nSPS) is 13.7. The van der Waals surface area contributed by atoms with Crippen LogP contribution in [-0.4, -0.2) is 18.7 Å². The quantitative estimate of drug-likeness (QED) is 0.460. The average Bonchev–Trinajstić information content (AvgIpc) is 2.91. The lowest BCUT2D eigenvalue weighted by molar-refractivity contribution is -0.178. The van der Waals surface area contributed by atoms with Crippen LogP contribution in [0.4, 0.5) is 58.4 Å². The van der Waals surface area contributed by atoms with Crippen LogP contribution in [0.2, 0.25) is 0 Å². The molecule has 0 atom stereocenters. The molecule has 0 amide bonds. The lowest BCUT2D eigenvalue weighted by atomic mass is 10.1. The molecule has 0 fully saturated rings. The highest BCUT2D eigenvalue weighted by atomic mass is 19.4. The number of rotatable bonds is 2. The van der Waals surface area contributed by atoms with Crippen molar-refractivity contribution in [3.63, 3.8) is 0 Å². The maximum atomic E-state index is 13.4. The zero-order valence-corrected chi connectivity index (χ0v) is 14.7. The van der Waals surface area contributed by atoms with Crippen LogP contribution in [-0.2, 0) is 24.7 Å². The third-order valence-corrected chi connectivity index (χ3v) is 3.90. The van der Waals surface area contributed by atoms with Gasteiger partial charge in [-0.25, -0.2) is 0 Å². The van der Waals surface area contributed by atoms with E-state index >= 15 is 0 Å². The molecule has 0 aliphatic carbocycles. The number of benzene rings is 1. The molecule has 0 unspecified atom stereocenters. The second kappa shape index (κ2) is 7.01. The van der Waals surface area contributed by atoms with Gasteiger partial charge in [-0.2, -0.15) is 52.7 Å². The fourth-order valence-electron chi connectivity index (χ4n) is 2.82. The summed E-state index contributed by atoms with van der Waals surface area (Å²) in [5.41, 5.74) is -14.1. The monoisotopic (exact) mass is 458 g/mol. The molecular formula is C16H10F12N2. The van der Waals surface area contributed by atoms with Crippen molar-refractivity contribution in [1.29, 1.82) is 0 Å². The molecule has 1 aromatic carbocycles. The molecule has 14 heteroatoms. The molecule has 2 aromatic rings. The van der Waals surface area contributed by atoms with Crippen molar-refractivity contribution in [1.82, 2.24) is 4.57 Å². The molecule has 2 nitrogen and oxygen atoms in total. The molecule has 0 saturated heterocycles. The highest BCUT2D eigenvalue weighted by Crippen LogP contribution is 2.53. The lowest BCUT2D eigenvalue weighted by Crippen LogP contribution is -2.21. The minimum Gasteiger partial charge on any atom is -0.378 e. The van der Waals surface area contributed by atoms with Crippen molar-refractivity contribution < 1.29 is 52.7 Å². The Kier molecular flexibility index (Phi) is 5.55. The second-order valence-electron chi connectivity index (χ2n) is 6.18. The Morgan fingerprint density at radius 1 is 0.567 bits per heavy atom. The van der Waals surface area contributed by atoms with Gasteiger partial charge in [0.1, 0.15) is 11.4 Å². The molecule has 30 heavy (non-hydrogen) atoms. The van der Waals surface area contributed by atoms with E-state index in [9.17, 15) is 52.7 Å². The van der Waals surface area contributed by atoms with Crippen molar-refractivity contribution in [3.05, 3.63) is 46.8 Å². The largest absolute Gasteiger partial charge is 0.432 e. The molecule has 0 N–H and O–H groups in total. The van der Waals surface area contributed by atoms with Crippen molar-refractivity contribution in [3.8, 4) is 5.69 Å². The van der Waals surface area contributed by atoms with E-state index in [1.807, 2.05) is 0 Å². The third-order valence-electron chi connectivity index (χ3n) is 3.90. The van der Waals surface area contributed by atoms with Crippen LogP contribution in [0.1, 0.15) is 22.5 Å². The van der Waals surface area contributed by atoms with Crippen molar-refractivity contribution >= 4 is 5.69 Å². The van der Waals surface area contributed by atoms with Gasteiger partial charge in [0, 0.05) is 25.5 Å². The number of nitrogens with zero attached hydrogens (tertiary/aromatic N) is 2. The SMILES string of the molecule is CN(C)c1ccc(-n2c(C(F)(F)F)c(C(F)(F)F)c(C(F)(F)F)c2C(F)(F)F)cc1. The number of halogens is 12. The molecular weight excluding hydrogens is 448 g/mol. The van der Waals surface area contributed by atoms with E-state index in [1.54, 1.807) is 0 Å². The van der Waals surface area contributed by atoms with Crippen LogP contribution < -0.4 is 4.90 Å². The van der Waals surface area contributed by atoms with Gasteiger partial charge in [0.2, 0.25) is 0 Å². The van der Waals surface area contributed by atoms with Crippen LogP contribution in [0.3, 0.4) is 0 Å². The van der Waals surface area contributed by atoms with Gasteiger partial charge in [0.05, 0.1) is 11.1 Å². The molecule has 0 saturated carbocycles. The topological polar surface area (TPSA) is 8.17 Å². The highest BCUT2D eigenvalue weighted by molar-refractivity contribution is 5.55. The first kappa shape index (κ1) is 23.7. The molecule has 0 bridgehead atoms. The molecule has 0 radical (unpaired) electrons. The number of hydrogen-bond donors (Lipinski definition) is 0. The van der Waals surface area contributed by atoms with Crippen LogP contribution in [0.15, 0.2) is 24.3 Å². The zero-order chi connectivity index (χ0) is 23.4. The summed E-state index contributed by atoms with van der Waals surface area (Å²) in [5, 5.41) is 0. The summed E-state index contributed by atoms with van der Waals surface area (Å²) in [6, 6.07) is 2.99. The van der Waals surface area contributed by atoms with Gasteiger partial charge in [-0.15, -0.1) is 0 Å². The Morgan fingerprint density at radius 3 is 1.13 bits per heavy atom. The molecule has 1 heterocycles. The maximum absolute atomic E-state index is 13.4. The smallest absolute Gasteiger partial charge is 0.378 e. The molecule has 168 valence electrons. The maximum Gasteiger partial charge on any atom is 0.432 e. The number of anilines is 1. The Morgan fingerprint density at radius 2 is 0.900 bits per heavy atom. The van der Waals surface area contributed by atoms with Crippen molar-refractivity contribution in [2.45, 2.75) is 24.7 Å². The Balaban J connectivity index is 3.15. The first-order valence-corrected chi connectivity index (χ1v) is 7.63. The lowest BCUT2D eigenvalue weighted by Gasteiger charge is -2.19. The van der Waals surface area contributed by atoms with Gasteiger partial charge in [0.25, 0.3) is 0 Å². The molecule has 0 aliphatic rings. The summed E-state index contributed by atoms with van der Waals surface area (Å²) in [7, 11) is 2.88. The minimum atomic E-state index is -6.38. The predicted octanol–water partition coefficient (Wildman–Crippen LogP) is 6.62. The van der Waals surface area contributed by atoms with Crippen LogP contribution >= 0.6 is 0 Å². The average molecular weight is 458 g/mol. The minimum absolute atomic E-state index is 0.222. The summed E-state index contributed by atoms with van der Waals surface area (Å²) in [6.45, 7) is 0. The van der Waals surface area contributed by atoms with Gasteiger partial charge in [0.15, 0.2) is 0 Å². The van der Waals surface area contributed by atoms with Gasteiger partial charge >= 0.3 is 24.7 Å². The standard InChI is InChI=1S/C16H10F12N2/c1-29(2)7-3-5-8(6-4-7)30-11(15(23,24)25)9(13(17,18)19)10(14(20,21)22)12(30)16(26,27)28/h3-6H,1-2H3. The van der Waals surface area contributed by atoms with E-state index in [4.69, 9.17) is 0 Å². The number of hydrogen-bond acceptors (Lipinski definition) is 1. The first-order valence-electron chi connectivity index (χ1n) is 7.63. The molecule has 2 rings (SSSR count). The van der Waals surface area contributed by atoms with Crippen molar-refractivity contribution in [2.24, 2.45) is 0 Å².